The lowest BCUT2D eigenvalue weighted by Crippen LogP contribution is -2.33. The summed E-state index contributed by atoms with van der Waals surface area (Å²) in [5.41, 5.74) is 5.74. The maximum absolute atomic E-state index is 11.5. The fourth-order valence-electron chi connectivity index (χ4n) is 2.25. The fraction of sp³-hybridized carbons (Fsp3) is 0.312. The molecule has 4 nitrogen and oxygen atoms in total. The van der Waals surface area contributed by atoms with E-state index in [2.05, 4.69) is 46.3 Å². The van der Waals surface area contributed by atoms with Crippen LogP contribution in [0.2, 0.25) is 0 Å². The van der Waals surface area contributed by atoms with E-state index in [0.717, 1.165) is 18.7 Å². The molecule has 1 amide bonds. The van der Waals surface area contributed by atoms with Crippen molar-refractivity contribution in [3.63, 3.8) is 0 Å². The Hall–Kier alpha value is -1.69. The molecule has 0 radical (unpaired) electrons. The SMILES string of the molecule is CC(C(=O)NN)c1ccc(CN(C)Cc2ccsc2)cc1. The van der Waals surface area contributed by atoms with Crippen LogP contribution in [0.15, 0.2) is 41.1 Å². The average Bonchev–Trinajstić information content (AvgIpc) is 2.99. The third kappa shape index (κ3) is 4.39. The Bertz CT molecular complexity index is 566. The number of nitrogens with one attached hydrogen (secondary N) is 1. The third-order valence-corrected chi connectivity index (χ3v) is 4.23. The number of amides is 1. The molecule has 0 fully saturated rings. The van der Waals surface area contributed by atoms with Crippen LogP contribution in [0.4, 0.5) is 0 Å². The van der Waals surface area contributed by atoms with Gasteiger partial charge in [-0.15, -0.1) is 0 Å². The van der Waals surface area contributed by atoms with E-state index < -0.39 is 0 Å². The number of rotatable bonds is 6. The number of hydrogen-bond acceptors (Lipinski definition) is 4. The molecule has 2 aromatic rings. The number of thiophene rings is 1. The van der Waals surface area contributed by atoms with Crippen molar-refractivity contribution in [1.29, 1.82) is 0 Å². The fourth-order valence-corrected chi connectivity index (χ4v) is 2.91. The number of carbonyl (C=O) groups excluding carboxylic acids is 1. The van der Waals surface area contributed by atoms with E-state index in [1.165, 1.54) is 11.1 Å². The number of benzene rings is 1. The van der Waals surface area contributed by atoms with Crippen molar-refractivity contribution in [3.8, 4) is 0 Å². The highest BCUT2D eigenvalue weighted by molar-refractivity contribution is 7.07. The van der Waals surface area contributed by atoms with E-state index in [1.54, 1.807) is 11.3 Å². The van der Waals surface area contributed by atoms with Crippen LogP contribution in [0.5, 0.6) is 0 Å². The molecule has 1 aromatic heterocycles. The summed E-state index contributed by atoms with van der Waals surface area (Å²) < 4.78 is 0. The highest BCUT2D eigenvalue weighted by Gasteiger charge is 2.13. The van der Waals surface area contributed by atoms with E-state index in [-0.39, 0.29) is 11.8 Å². The van der Waals surface area contributed by atoms with Gasteiger partial charge in [0.15, 0.2) is 0 Å². The van der Waals surface area contributed by atoms with Crippen molar-refractivity contribution in [2.75, 3.05) is 7.05 Å². The van der Waals surface area contributed by atoms with E-state index >= 15 is 0 Å². The first-order valence-electron chi connectivity index (χ1n) is 6.89. The molecule has 0 saturated carbocycles. The molecule has 21 heavy (non-hydrogen) atoms. The topological polar surface area (TPSA) is 58.4 Å². The Morgan fingerprint density at radius 1 is 1.24 bits per heavy atom. The molecule has 1 heterocycles. The molecule has 0 spiro atoms. The van der Waals surface area contributed by atoms with Gasteiger partial charge in [-0.2, -0.15) is 11.3 Å². The Kier molecular flexibility index (Phi) is 5.50. The smallest absolute Gasteiger partial charge is 0.241 e. The molecule has 1 unspecified atom stereocenters. The molecule has 1 atom stereocenters. The lowest BCUT2D eigenvalue weighted by atomic mass is 9.99. The first-order chi connectivity index (χ1) is 10.1. The van der Waals surface area contributed by atoms with Crippen molar-refractivity contribution >= 4 is 17.2 Å². The van der Waals surface area contributed by atoms with Gasteiger partial charge in [0.05, 0.1) is 5.92 Å². The normalized spacial score (nSPS) is 12.4. The molecule has 3 N–H and O–H groups in total. The van der Waals surface area contributed by atoms with Crippen molar-refractivity contribution < 1.29 is 4.79 Å². The summed E-state index contributed by atoms with van der Waals surface area (Å²) >= 11 is 1.72. The molecule has 0 bridgehead atoms. The maximum Gasteiger partial charge on any atom is 0.241 e. The van der Waals surface area contributed by atoms with Crippen LogP contribution in [0.25, 0.3) is 0 Å². The second-order valence-corrected chi connectivity index (χ2v) is 6.06. The minimum absolute atomic E-state index is 0.169. The van der Waals surface area contributed by atoms with Crippen LogP contribution in [0.3, 0.4) is 0 Å². The molecule has 112 valence electrons. The molecular weight excluding hydrogens is 282 g/mol. The lowest BCUT2D eigenvalue weighted by Gasteiger charge is -2.17. The summed E-state index contributed by atoms with van der Waals surface area (Å²) in [4.78, 5) is 13.8. The lowest BCUT2D eigenvalue weighted by molar-refractivity contribution is -0.122. The minimum atomic E-state index is -0.229. The zero-order chi connectivity index (χ0) is 15.2. The molecule has 0 aliphatic heterocycles. The van der Waals surface area contributed by atoms with Gasteiger partial charge in [0.25, 0.3) is 0 Å². The average molecular weight is 303 g/mol. The van der Waals surface area contributed by atoms with Crippen LogP contribution in [0, 0.1) is 0 Å². The molecule has 1 aromatic carbocycles. The zero-order valence-corrected chi connectivity index (χ0v) is 13.2. The largest absolute Gasteiger partial charge is 0.298 e. The van der Waals surface area contributed by atoms with Crippen LogP contribution in [-0.4, -0.2) is 17.9 Å². The van der Waals surface area contributed by atoms with Gasteiger partial charge in [-0.1, -0.05) is 24.3 Å². The Labute approximate surface area is 129 Å². The Balaban J connectivity index is 1.94. The van der Waals surface area contributed by atoms with Crippen LogP contribution >= 0.6 is 11.3 Å². The minimum Gasteiger partial charge on any atom is -0.298 e. The van der Waals surface area contributed by atoms with E-state index in [4.69, 9.17) is 5.84 Å². The molecule has 0 saturated heterocycles. The predicted molar refractivity (Wildman–Crippen MR) is 86.7 cm³/mol. The van der Waals surface area contributed by atoms with Gasteiger partial charge in [0, 0.05) is 13.1 Å². The van der Waals surface area contributed by atoms with Gasteiger partial charge in [-0.3, -0.25) is 15.1 Å². The zero-order valence-electron chi connectivity index (χ0n) is 12.4. The summed E-state index contributed by atoms with van der Waals surface area (Å²) in [7, 11) is 2.11. The maximum atomic E-state index is 11.5. The first-order valence-corrected chi connectivity index (χ1v) is 7.83. The second kappa shape index (κ2) is 7.36. The van der Waals surface area contributed by atoms with Gasteiger partial charge >= 0.3 is 0 Å². The quantitative estimate of drug-likeness (QED) is 0.490. The van der Waals surface area contributed by atoms with Crippen molar-refractivity contribution in [2.24, 2.45) is 5.84 Å². The summed E-state index contributed by atoms with van der Waals surface area (Å²) in [6.45, 7) is 3.67. The van der Waals surface area contributed by atoms with Crippen LogP contribution < -0.4 is 11.3 Å². The number of carbonyl (C=O) groups is 1. The number of nitrogens with two attached hydrogens (primary N) is 1. The summed E-state index contributed by atoms with van der Waals surface area (Å²) in [6.07, 6.45) is 0. The van der Waals surface area contributed by atoms with Gasteiger partial charge in [0.1, 0.15) is 0 Å². The van der Waals surface area contributed by atoms with E-state index in [0.29, 0.717) is 0 Å². The molecule has 0 aliphatic rings. The highest BCUT2D eigenvalue weighted by atomic mass is 32.1. The second-order valence-electron chi connectivity index (χ2n) is 5.28. The monoisotopic (exact) mass is 303 g/mol. The summed E-state index contributed by atoms with van der Waals surface area (Å²) in [6, 6.07) is 10.3. The van der Waals surface area contributed by atoms with E-state index in [9.17, 15) is 4.79 Å². The predicted octanol–water partition coefficient (Wildman–Crippen LogP) is 2.47. The summed E-state index contributed by atoms with van der Waals surface area (Å²) in [5.74, 6) is 4.77. The van der Waals surface area contributed by atoms with E-state index in [1.807, 2.05) is 19.1 Å². The first kappa shape index (κ1) is 15.7. The number of hydrazine groups is 1. The molecule has 2 rings (SSSR count). The van der Waals surface area contributed by atoms with Gasteiger partial charge in [-0.05, 0) is 47.5 Å². The molecule has 0 aliphatic carbocycles. The third-order valence-electron chi connectivity index (χ3n) is 3.50. The van der Waals surface area contributed by atoms with Crippen LogP contribution in [-0.2, 0) is 17.9 Å². The molecular formula is C16H21N3OS. The summed E-state index contributed by atoms with van der Waals surface area (Å²) in [5, 5.41) is 4.27. The van der Waals surface area contributed by atoms with Crippen molar-refractivity contribution in [2.45, 2.75) is 25.9 Å². The standard InChI is InChI=1S/C16H21N3OS/c1-12(16(20)18-17)15-5-3-13(4-6-15)9-19(2)10-14-7-8-21-11-14/h3-8,11-12H,9-10,17H2,1-2H3,(H,18,20). The van der Waals surface area contributed by atoms with Crippen molar-refractivity contribution in [3.05, 3.63) is 57.8 Å². The Morgan fingerprint density at radius 3 is 2.48 bits per heavy atom. The molecule has 5 heteroatoms. The number of hydrogen-bond donors (Lipinski definition) is 2. The van der Waals surface area contributed by atoms with Crippen molar-refractivity contribution in [1.82, 2.24) is 10.3 Å². The van der Waals surface area contributed by atoms with Crippen LogP contribution in [0.1, 0.15) is 29.5 Å². The Morgan fingerprint density at radius 2 is 1.90 bits per heavy atom. The van der Waals surface area contributed by atoms with Gasteiger partial charge in [-0.25, -0.2) is 5.84 Å². The van der Waals surface area contributed by atoms with Gasteiger partial charge in [0.2, 0.25) is 5.91 Å². The highest BCUT2D eigenvalue weighted by Crippen LogP contribution is 2.17. The number of nitrogens with zero attached hydrogens (tertiary/aromatic N) is 1. The van der Waals surface area contributed by atoms with Gasteiger partial charge < -0.3 is 0 Å².